The van der Waals surface area contributed by atoms with Gasteiger partial charge in [0.1, 0.15) is 11.3 Å². The summed E-state index contributed by atoms with van der Waals surface area (Å²) in [5, 5.41) is 15.4. The van der Waals surface area contributed by atoms with Crippen LogP contribution in [0.15, 0.2) is 59.1 Å². The first-order valence-electron chi connectivity index (χ1n) is 8.08. The number of rotatable bonds is 4. The van der Waals surface area contributed by atoms with Crippen molar-refractivity contribution < 1.29 is 14.1 Å². The van der Waals surface area contributed by atoms with Gasteiger partial charge in [0.25, 0.3) is 11.6 Å². The van der Waals surface area contributed by atoms with E-state index >= 15 is 0 Å². The fraction of sp³-hybridized carbons (Fsp3) is 0.105. The lowest BCUT2D eigenvalue weighted by molar-refractivity contribution is -0.384. The third-order valence-electron chi connectivity index (χ3n) is 4.34. The van der Waals surface area contributed by atoms with E-state index < -0.39 is 4.92 Å². The van der Waals surface area contributed by atoms with Crippen LogP contribution in [0.3, 0.4) is 0 Å². The van der Waals surface area contributed by atoms with Crippen molar-refractivity contribution in [2.75, 3.05) is 0 Å². The van der Waals surface area contributed by atoms with Crippen molar-refractivity contribution in [3.05, 3.63) is 76.2 Å². The monoisotopic (exact) mass is 349 g/mol. The number of carbonyl (C=O) groups is 1. The Morgan fingerprint density at radius 1 is 1.23 bits per heavy atom. The maximum absolute atomic E-state index is 12.6. The van der Waals surface area contributed by atoms with Gasteiger partial charge in [-0.25, -0.2) is 0 Å². The molecule has 4 aromatic rings. The molecule has 2 heterocycles. The Bertz CT molecular complexity index is 1110. The number of aromatic nitrogens is 1. The Balaban J connectivity index is 1.59. The van der Waals surface area contributed by atoms with Crippen molar-refractivity contribution in [2.45, 2.75) is 13.0 Å². The third kappa shape index (κ3) is 2.69. The van der Waals surface area contributed by atoms with Crippen LogP contribution in [0.25, 0.3) is 21.9 Å². The summed E-state index contributed by atoms with van der Waals surface area (Å²) in [7, 11) is 0. The average Bonchev–Trinajstić information content (AvgIpc) is 3.25. The number of nitrogens with zero attached hydrogens (tertiary/aromatic N) is 1. The number of fused-ring (bicyclic) bond motifs is 2. The first-order chi connectivity index (χ1) is 12.5. The van der Waals surface area contributed by atoms with E-state index in [0.717, 1.165) is 11.0 Å². The van der Waals surface area contributed by atoms with Gasteiger partial charge in [-0.3, -0.25) is 14.9 Å². The zero-order valence-electron chi connectivity index (χ0n) is 13.9. The molecule has 7 nitrogen and oxygen atoms in total. The minimum atomic E-state index is -0.469. The lowest BCUT2D eigenvalue weighted by atomic mass is 10.1. The molecule has 0 aliphatic carbocycles. The fourth-order valence-electron chi connectivity index (χ4n) is 2.98. The van der Waals surface area contributed by atoms with Gasteiger partial charge < -0.3 is 14.7 Å². The average molecular weight is 349 g/mol. The molecule has 4 rings (SSSR count). The van der Waals surface area contributed by atoms with Gasteiger partial charge in [-0.15, -0.1) is 0 Å². The van der Waals surface area contributed by atoms with Crippen molar-refractivity contribution in [3.63, 3.8) is 0 Å². The predicted molar refractivity (Wildman–Crippen MR) is 97.0 cm³/mol. The number of para-hydroxylation sites is 1. The van der Waals surface area contributed by atoms with Crippen LogP contribution in [0.1, 0.15) is 29.1 Å². The minimum absolute atomic E-state index is 0.0260. The smallest absolute Gasteiger partial charge is 0.271 e. The highest BCUT2D eigenvalue weighted by Gasteiger charge is 2.19. The molecular weight excluding hydrogens is 334 g/mol. The number of nitro benzene ring substituents is 1. The zero-order valence-corrected chi connectivity index (χ0v) is 13.9. The highest BCUT2D eigenvalue weighted by molar-refractivity contribution is 6.07. The summed E-state index contributed by atoms with van der Waals surface area (Å²) >= 11 is 0. The van der Waals surface area contributed by atoms with Gasteiger partial charge in [-0.1, -0.05) is 18.2 Å². The molecule has 1 amide bonds. The van der Waals surface area contributed by atoms with Crippen molar-refractivity contribution in [3.8, 4) is 0 Å². The molecule has 2 aromatic heterocycles. The number of hydrogen-bond donors (Lipinski definition) is 2. The van der Waals surface area contributed by atoms with E-state index in [1.807, 2.05) is 37.3 Å². The first kappa shape index (κ1) is 15.9. The lowest BCUT2D eigenvalue weighted by Gasteiger charge is -2.10. The Kier molecular flexibility index (Phi) is 3.69. The van der Waals surface area contributed by atoms with Gasteiger partial charge in [0, 0.05) is 29.1 Å². The van der Waals surface area contributed by atoms with Crippen LogP contribution in [0.5, 0.6) is 0 Å². The van der Waals surface area contributed by atoms with Crippen LogP contribution >= 0.6 is 0 Å². The van der Waals surface area contributed by atoms with E-state index in [4.69, 9.17) is 4.42 Å². The normalized spacial score (nSPS) is 12.3. The molecule has 2 aromatic carbocycles. The molecular formula is C19H15N3O4. The second kappa shape index (κ2) is 6.03. The zero-order chi connectivity index (χ0) is 18.3. The third-order valence-corrected chi connectivity index (χ3v) is 4.34. The van der Waals surface area contributed by atoms with Crippen molar-refractivity contribution in [1.82, 2.24) is 10.3 Å². The summed E-state index contributed by atoms with van der Waals surface area (Å²) in [6, 6.07) is 13.6. The number of furan rings is 1. The maximum atomic E-state index is 12.6. The summed E-state index contributed by atoms with van der Waals surface area (Å²) in [4.78, 5) is 25.9. The number of aromatic amines is 1. The molecule has 2 N–H and O–H groups in total. The molecule has 130 valence electrons. The SMILES string of the molecule is CC(NC(=O)c1c[nH]c2cc([N+](=O)[O-])ccc12)c1cc2ccccc2o1. The first-order valence-corrected chi connectivity index (χ1v) is 8.08. The Morgan fingerprint density at radius 3 is 2.81 bits per heavy atom. The predicted octanol–water partition coefficient (Wildman–Crippen LogP) is 4.31. The van der Waals surface area contributed by atoms with Crippen molar-refractivity contribution in [2.24, 2.45) is 0 Å². The van der Waals surface area contributed by atoms with E-state index in [-0.39, 0.29) is 17.6 Å². The van der Waals surface area contributed by atoms with E-state index in [1.165, 1.54) is 12.1 Å². The largest absolute Gasteiger partial charge is 0.459 e. The summed E-state index contributed by atoms with van der Waals surface area (Å²) < 4.78 is 5.78. The molecule has 0 spiro atoms. The standard InChI is InChI=1S/C19H15N3O4/c1-11(18-8-12-4-2-3-5-17(12)26-18)21-19(23)15-10-20-16-9-13(22(24)25)6-7-14(15)16/h2-11,20H,1H3,(H,21,23). The molecule has 0 bridgehead atoms. The molecule has 26 heavy (non-hydrogen) atoms. The van der Waals surface area contributed by atoms with Gasteiger partial charge in [0.05, 0.1) is 22.0 Å². The number of amides is 1. The van der Waals surface area contributed by atoms with Crippen LogP contribution in [0, 0.1) is 10.1 Å². The number of nitrogens with one attached hydrogen (secondary N) is 2. The number of hydrogen-bond acceptors (Lipinski definition) is 4. The molecule has 0 fully saturated rings. The number of nitro groups is 1. The van der Waals surface area contributed by atoms with E-state index in [9.17, 15) is 14.9 Å². The molecule has 7 heteroatoms. The van der Waals surface area contributed by atoms with Gasteiger partial charge in [-0.2, -0.15) is 0 Å². The summed E-state index contributed by atoms with van der Waals surface area (Å²) in [5.74, 6) is 0.382. The van der Waals surface area contributed by atoms with E-state index in [0.29, 0.717) is 22.2 Å². The van der Waals surface area contributed by atoms with Gasteiger partial charge >= 0.3 is 0 Å². The Morgan fingerprint density at radius 2 is 2.04 bits per heavy atom. The Hall–Kier alpha value is -3.61. The van der Waals surface area contributed by atoms with Crippen LogP contribution in [-0.2, 0) is 0 Å². The summed E-state index contributed by atoms with van der Waals surface area (Å²) in [6.07, 6.45) is 1.55. The topological polar surface area (TPSA) is 101 Å². The van der Waals surface area contributed by atoms with Crippen molar-refractivity contribution in [1.29, 1.82) is 0 Å². The molecule has 0 saturated carbocycles. The summed E-state index contributed by atoms with van der Waals surface area (Å²) in [6.45, 7) is 1.84. The second-order valence-corrected chi connectivity index (χ2v) is 6.07. The van der Waals surface area contributed by atoms with E-state index in [1.54, 1.807) is 12.3 Å². The lowest BCUT2D eigenvalue weighted by Crippen LogP contribution is -2.26. The van der Waals surface area contributed by atoms with Gasteiger partial charge in [0.2, 0.25) is 0 Å². The van der Waals surface area contributed by atoms with E-state index in [2.05, 4.69) is 10.3 Å². The number of benzene rings is 2. The number of carbonyl (C=O) groups excluding carboxylic acids is 1. The van der Waals surface area contributed by atoms with Crippen LogP contribution in [0.4, 0.5) is 5.69 Å². The van der Waals surface area contributed by atoms with Gasteiger partial charge in [-0.05, 0) is 25.1 Å². The molecule has 0 radical (unpaired) electrons. The molecule has 1 unspecified atom stereocenters. The second-order valence-electron chi connectivity index (χ2n) is 6.07. The van der Waals surface area contributed by atoms with Crippen LogP contribution < -0.4 is 5.32 Å². The van der Waals surface area contributed by atoms with Crippen LogP contribution in [-0.4, -0.2) is 15.8 Å². The number of non-ortho nitro benzene ring substituents is 1. The summed E-state index contributed by atoms with van der Waals surface area (Å²) in [5.41, 5.74) is 1.71. The minimum Gasteiger partial charge on any atom is -0.459 e. The molecule has 0 aliphatic rings. The number of H-pyrrole nitrogens is 1. The highest BCUT2D eigenvalue weighted by atomic mass is 16.6. The van der Waals surface area contributed by atoms with Crippen molar-refractivity contribution >= 4 is 33.5 Å². The Labute approximate surface area is 147 Å². The highest BCUT2D eigenvalue weighted by Crippen LogP contribution is 2.26. The molecule has 0 aliphatic heterocycles. The molecule has 1 atom stereocenters. The molecule has 0 saturated heterocycles. The quantitative estimate of drug-likeness (QED) is 0.423. The fourth-order valence-corrected chi connectivity index (χ4v) is 2.98. The van der Waals surface area contributed by atoms with Crippen LogP contribution in [0.2, 0.25) is 0 Å². The maximum Gasteiger partial charge on any atom is 0.271 e. The van der Waals surface area contributed by atoms with Gasteiger partial charge in [0.15, 0.2) is 0 Å².